The van der Waals surface area contributed by atoms with Crippen molar-refractivity contribution in [2.75, 3.05) is 31.8 Å². The van der Waals surface area contributed by atoms with Crippen molar-refractivity contribution in [2.24, 2.45) is 98.6 Å². The molecule has 22 heteroatoms. The maximum Gasteiger partial charge on any atom is 0.348 e. The highest BCUT2D eigenvalue weighted by Gasteiger charge is 2.85. The van der Waals surface area contributed by atoms with E-state index in [1.165, 1.54) is 18.4 Å². The van der Waals surface area contributed by atoms with Gasteiger partial charge in [-0.2, -0.15) is 0 Å². The molecular weight excluding hydrogens is 1220 g/mol. The maximum atomic E-state index is 13.8. The summed E-state index contributed by atoms with van der Waals surface area (Å²) >= 11 is 3.41. The van der Waals surface area contributed by atoms with Crippen molar-refractivity contribution in [3.8, 4) is 0 Å². The Kier molecular flexibility index (Phi) is 20.3. The molecule has 7 N–H and O–H groups in total. The minimum absolute atomic E-state index is 0.0310. The van der Waals surface area contributed by atoms with Crippen molar-refractivity contribution < 1.29 is 102 Å². The van der Waals surface area contributed by atoms with Crippen LogP contribution in [0, 0.1) is 98.6 Å². The van der Waals surface area contributed by atoms with Crippen LogP contribution in [0.5, 0.6) is 0 Å². The number of ether oxygens (including phenoxy) is 8. The van der Waals surface area contributed by atoms with Gasteiger partial charge >= 0.3 is 17.9 Å². The Labute approximate surface area is 532 Å². The predicted octanol–water partition coefficient (Wildman–Crippen LogP) is 5.85. The first-order valence-corrected chi connectivity index (χ1v) is 33.3. The zero-order valence-electron chi connectivity index (χ0n) is 54.9. The van der Waals surface area contributed by atoms with Gasteiger partial charge in [-0.05, 0) is 106 Å². The monoisotopic (exact) mass is 1320 g/mol. The number of carbonyl (C=O) groups excluding carboxylic acids is 6. The third-order valence-electron chi connectivity index (χ3n) is 24.1. The molecular formula is C67H101BrO21. The molecule has 4 saturated heterocycles. The van der Waals surface area contributed by atoms with Gasteiger partial charge in [0.1, 0.15) is 42.4 Å². The van der Waals surface area contributed by atoms with E-state index in [1.807, 2.05) is 83.1 Å². The molecule has 4 heterocycles. The van der Waals surface area contributed by atoms with E-state index >= 15 is 0 Å². The summed E-state index contributed by atoms with van der Waals surface area (Å²) in [6, 6.07) is 0. The van der Waals surface area contributed by atoms with E-state index in [2.05, 4.69) is 27.2 Å². The van der Waals surface area contributed by atoms with Gasteiger partial charge in [0.25, 0.3) is 0 Å². The molecule has 8 fully saturated rings. The zero-order valence-corrected chi connectivity index (χ0v) is 56.4. The minimum Gasteiger partial charge on any atom is -0.502 e. The average molecular weight is 1320 g/mol. The maximum absolute atomic E-state index is 13.8. The summed E-state index contributed by atoms with van der Waals surface area (Å²) < 4.78 is 47.1. The van der Waals surface area contributed by atoms with Crippen LogP contribution >= 0.6 is 15.9 Å². The lowest BCUT2D eigenvalue weighted by molar-refractivity contribution is -0.345. The van der Waals surface area contributed by atoms with E-state index in [9.17, 15) is 64.5 Å². The molecule has 0 aromatic carbocycles. The number of alkyl halides is 1. The van der Waals surface area contributed by atoms with E-state index in [0.717, 1.165) is 17.8 Å². The van der Waals surface area contributed by atoms with Crippen LogP contribution in [0.2, 0.25) is 0 Å². The summed E-state index contributed by atoms with van der Waals surface area (Å²) in [5.74, 6) is -14.5. The van der Waals surface area contributed by atoms with Crippen LogP contribution in [0.25, 0.3) is 0 Å². The number of hydrogen-bond donors (Lipinski definition) is 7. The van der Waals surface area contributed by atoms with E-state index in [-0.39, 0.29) is 79.6 Å². The van der Waals surface area contributed by atoms with Crippen molar-refractivity contribution in [1.82, 2.24) is 0 Å². The number of aliphatic hydroxyl groups is 7. The lowest BCUT2D eigenvalue weighted by atomic mass is 9.37. The Morgan fingerprint density at radius 2 is 1.18 bits per heavy atom. The van der Waals surface area contributed by atoms with E-state index in [1.54, 1.807) is 27.7 Å². The van der Waals surface area contributed by atoms with Crippen molar-refractivity contribution in [1.29, 1.82) is 0 Å². The van der Waals surface area contributed by atoms with Crippen LogP contribution in [0.4, 0.5) is 0 Å². The van der Waals surface area contributed by atoms with Crippen LogP contribution in [-0.4, -0.2) is 175 Å². The molecule has 0 radical (unpaired) electrons. The highest BCUT2D eigenvalue weighted by Crippen LogP contribution is 2.76. The fraction of sp³-hybridized carbons (Fsp3) is 0.821. The molecule has 4 bridgehead atoms. The quantitative estimate of drug-likeness (QED) is 0.0278. The molecule has 23 atom stereocenters. The van der Waals surface area contributed by atoms with Gasteiger partial charge in [-0.1, -0.05) is 117 Å². The van der Waals surface area contributed by atoms with E-state index in [0.29, 0.717) is 24.8 Å². The molecule has 10 aliphatic rings. The van der Waals surface area contributed by atoms with Crippen molar-refractivity contribution in [3.63, 3.8) is 0 Å². The minimum atomic E-state index is -2.11. The normalized spacial score (nSPS) is 42.7. The molecule has 2 spiro atoms. The molecule has 0 aromatic rings. The lowest BCUT2D eigenvalue weighted by Crippen LogP contribution is -2.78. The predicted molar refractivity (Wildman–Crippen MR) is 324 cm³/mol. The molecule has 0 aromatic heterocycles. The summed E-state index contributed by atoms with van der Waals surface area (Å²) in [4.78, 5) is 81.0. The third kappa shape index (κ3) is 10.7. The average Bonchev–Trinajstić information content (AvgIpc) is 1.62. The first-order chi connectivity index (χ1) is 41.3. The Hall–Kier alpha value is -3.52. The summed E-state index contributed by atoms with van der Waals surface area (Å²) in [6.45, 7) is 33.5. The highest BCUT2D eigenvalue weighted by atomic mass is 79.9. The Balaban J connectivity index is 0.000000216. The Bertz CT molecular complexity index is 2780. The van der Waals surface area contributed by atoms with Crippen molar-refractivity contribution in [2.45, 2.75) is 215 Å². The molecule has 7 unspecified atom stereocenters. The first-order valence-electron chi connectivity index (χ1n) is 32.2. The molecule has 502 valence electrons. The summed E-state index contributed by atoms with van der Waals surface area (Å²) in [7, 11) is 0. The zero-order chi connectivity index (χ0) is 66.6. The number of carbonyl (C=O) groups is 6. The number of rotatable bonds is 18. The summed E-state index contributed by atoms with van der Waals surface area (Å²) in [6.07, 6.45) is -4.64. The highest BCUT2D eigenvalue weighted by molar-refractivity contribution is 9.09. The van der Waals surface area contributed by atoms with Gasteiger partial charge in [0.2, 0.25) is 6.10 Å². The molecule has 4 aliphatic heterocycles. The second-order valence-electron chi connectivity index (χ2n) is 29.4. The smallest absolute Gasteiger partial charge is 0.348 e. The number of esters is 3. The number of ketones is 3. The summed E-state index contributed by atoms with van der Waals surface area (Å²) in [5, 5.41) is 81.8. The van der Waals surface area contributed by atoms with E-state index in [4.69, 9.17) is 33.2 Å². The second kappa shape index (κ2) is 25.3. The van der Waals surface area contributed by atoms with Gasteiger partial charge in [-0.15, -0.1) is 0 Å². The Morgan fingerprint density at radius 3 is 1.65 bits per heavy atom. The van der Waals surface area contributed by atoms with Gasteiger partial charge in [0.15, 0.2) is 29.4 Å². The van der Waals surface area contributed by atoms with Crippen LogP contribution in [0.15, 0.2) is 36.1 Å². The van der Waals surface area contributed by atoms with Crippen LogP contribution in [-0.2, 0) is 66.7 Å². The Morgan fingerprint density at radius 1 is 0.719 bits per heavy atom. The van der Waals surface area contributed by atoms with Crippen LogP contribution in [0.3, 0.4) is 0 Å². The molecule has 4 saturated carbocycles. The fourth-order valence-corrected chi connectivity index (χ4v) is 20.1. The molecule has 0 amide bonds. The lowest BCUT2D eigenvalue weighted by Gasteiger charge is -2.68. The van der Waals surface area contributed by atoms with Gasteiger partial charge in [-0.3, -0.25) is 24.0 Å². The second-order valence-corrected chi connectivity index (χ2v) is 30.0. The number of aliphatic hydroxyl groups excluding tert-OH is 3. The first kappa shape index (κ1) is 71.3. The third-order valence-corrected chi connectivity index (χ3v) is 24.6. The van der Waals surface area contributed by atoms with Gasteiger partial charge in [0.05, 0.1) is 55.0 Å². The number of allylic oxidation sites excluding steroid dienone is 2. The van der Waals surface area contributed by atoms with Crippen molar-refractivity contribution >= 4 is 51.2 Å². The number of hydrogen-bond acceptors (Lipinski definition) is 21. The van der Waals surface area contributed by atoms with Crippen LogP contribution in [0.1, 0.15) is 143 Å². The number of halogens is 1. The molecule has 21 nitrogen and oxygen atoms in total. The summed E-state index contributed by atoms with van der Waals surface area (Å²) in [5.41, 5.74) is -5.60. The van der Waals surface area contributed by atoms with Gasteiger partial charge in [-0.25, -0.2) is 4.79 Å². The van der Waals surface area contributed by atoms with Gasteiger partial charge < -0.3 is 73.6 Å². The molecule has 89 heavy (non-hydrogen) atoms. The topological polar surface area (TPSA) is 318 Å². The van der Waals surface area contributed by atoms with Crippen LogP contribution < -0.4 is 0 Å². The van der Waals surface area contributed by atoms with Crippen molar-refractivity contribution in [3.05, 3.63) is 36.1 Å². The number of Topliss-reactive ketones (excluding diaryl/α,β-unsaturated/α-hetero) is 1. The molecule has 10 rings (SSSR count). The largest absolute Gasteiger partial charge is 0.502 e. The standard InChI is InChI=1S/C33H49BrO11.C30H44O9.C4H8O/c1-9-41-23(13-34)45-27-20(35)10-17(6)19-11-21-31-14-42-33(40,29(31)30(19,27)8)26(37)18(7)24(31)25(28(38)43-21)44-22(36)12-32(39,15(2)3)16(4)5;1-13(2)29(36,14(3)4)11-17(31)9-18-22-16(6)23(33)30(37)26-27(7)19(15(5)8-20(32)24(27)34)10-21(39-25(18)35)28(22,26)12-38-30;1-3-5-4-2/h10,15-16,18-19,21,23-27,29,37,39-40H,9,11-14H2,1-8H3;8,13-14,16,18-19,21-24,26,33-34,36-37H,9-12H2,1-7H3;3H,1,4H2,2H3/t18-,19+,21-,23?,24?,25?,26-,27-,29?,30-,31+,33-;16-,18?,19+,21-,22?,23-,24-,26?,27-,28+,30-;/m11./s1. The number of fused-ring (bicyclic) bond motifs is 2. The van der Waals surface area contributed by atoms with Gasteiger partial charge in [0, 0.05) is 58.9 Å². The fourth-order valence-electron chi connectivity index (χ4n) is 19.7. The molecule has 6 aliphatic carbocycles. The van der Waals surface area contributed by atoms with E-state index < -0.39 is 159 Å². The SMILES string of the molecule is C=COCC.CC1=CC(=O)[C@@H](O)[C@]2(C)C3[C@]45CO[C@]3(O)[C@H](O)[C@H](C)C4C(CC(=O)CC(O)(C(C)C)C(C)C)C(=O)O[C@@H]5C[C@@H]12.CCOC(CBr)O[C@@H]1C(=O)C=C(C)[C@@H]2C[C@H]3OC(=O)C(OC(=O)CC(O)(C(C)C)C(C)C)C4[C@@H](C)[C@@H](O)[C@@]5(O)OC[C@@]43C5[C@@]12C.